The molecule has 0 aliphatic heterocycles. The molecule has 0 aliphatic rings. The van der Waals surface area contributed by atoms with Gasteiger partial charge in [0.1, 0.15) is 34.1 Å². The monoisotopic (exact) mass is 365 g/mol. The van der Waals surface area contributed by atoms with Gasteiger partial charge in [0.25, 0.3) is 0 Å². The molecule has 8 heteroatoms. The first-order chi connectivity index (χ1) is 12.0. The molecule has 0 N–H and O–H groups in total. The van der Waals surface area contributed by atoms with Crippen molar-refractivity contribution in [2.45, 2.75) is 6.92 Å². The molecule has 0 bridgehead atoms. The van der Waals surface area contributed by atoms with Crippen LogP contribution in [0.3, 0.4) is 0 Å². The number of ether oxygens (including phenoxy) is 2. The smallest absolute Gasteiger partial charge is 0.213 e. The number of hydrogen-bond donors (Lipinski definition) is 0. The summed E-state index contributed by atoms with van der Waals surface area (Å²) in [6.45, 7) is 1.68. The van der Waals surface area contributed by atoms with Crippen molar-refractivity contribution < 1.29 is 18.3 Å². The van der Waals surface area contributed by atoms with E-state index in [1.807, 2.05) is 0 Å². The highest BCUT2D eigenvalue weighted by molar-refractivity contribution is 6.32. The van der Waals surface area contributed by atoms with E-state index in [9.17, 15) is 8.78 Å². The van der Waals surface area contributed by atoms with Crippen molar-refractivity contribution in [2.75, 3.05) is 14.2 Å². The molecular weight excluding hydrogens is 352 g/mol. The maximum Gasteiger partial charge on any atom is 0.213 e. The van der Waals surface area contributed by atoms with Gasteiger partial charge in [-0.15, -0.1) is 0 Å². The molecule has 5 nitrogen and oxygen atoms in total. The lowest BCUT2D eigenvalue weighted by Gasteiger charge is -2.08. The van der Waals surface area contributed by atoms with Crippen LogP contribution in [0.5, 0.6) is 11.6 Å². The van der Waals surface area contributed by atoms with Gasteiger partial charge in [-0.05, 0) is 13.0 Å². The Labute approximate surface area is 147 Å². The first-order valence-corrected chi connectivity index (χ1v) is 7.62. The maximum atomic E-state index is 14.3. The average molecular weight is 366 g/mol. The molecule has 0 unspecified atom stereocenters. The van der Waals surface area contributed by atoms with Crippen molar-refractivity contribution in [1.82, 2.24) is 14.5 Å². The van der Waals surface area contributed by atoms with Crippen LogP contribution in [0.4, 0.5) is 8.78 Å². The summed E-state index contributed by atoms with van der Waals surface area (Å²) in [5.41, 5.74) is 0.290. The Balaban J connectivity index is 2.14. The van der Waals surface area contributed by atoms with Gasteiger partial charge in [0.15, 0.2) is 0 Å². The number of benzene rings is 1. The third-order valence-corrected chi connectivity index (χ3v) is 4.01. The molecule has 0 spiro atoms. The molecular formula is C17H14ClF2N3O2. The van der Waals surface area contributed by atoms with E-state index in [4.69, 9.17) is 21.1 Å². The van der Waals surface area contributed by atoms with Gasteiger partial charge in [-0.2, -0.15) is 0 Å². The molecule has 2 heterocycles. The van der Waals surface area contributed by atoms with Crippen LogP contribution in [-0.2, 0) is 0 Å². The van der Waals surface area contributed by atoms with E-state index in [0.29, 0.717) is 17.4 Å². The molecule has 0 fully saturated rings. The Morgan fingerprint density at radius 2 is 1.76 bits per heavy atom. The van der Waals surface area contributed by atoms with Gasteiger partial charge in [0.2, 0.25) is 5.88 Å². The quantitative estimate of drug-likeness (QED) is 0.695. The van der Waals surface area contributed by atoms with Crippen molar-refractivity contribution in [1.29, 1.82) is 0 Å². The Morgan fingerprint density at radius 1 is 1.08 bits per heavy atom. The van der Waals surface area contributed by atoms with Crippen LogP contribution in [0, 0.1) is 18.6 Å². The number of nitrogens with zero attached hydrogens (tertiary/aromatic N) is 3. The fraction of sp³-hybridized carbons (Fsp3) is 0.176. The van der Waals surface area contributed by atoms with Crippen LogP contribution in [0.25, 0.3) is 16.9 Å². The van der Waals surface area contributed by atoms with E-state index in [1.165, 1.54) is 20.4 Å². The maximum absolute atomic E-state index is 14.3. The fourth-order valence-corrected chi connectivity index (χ4v) is 2.84. The van der Waals surface area contributed by atoms with Crippen LogP contribution in [0.2, 0.25) is 5.15 Å². The molecule has 0 atom stereocenters. The van der Waals surface area contributed by atoms with E-state index in [0.717, 1.165) is 12.1 Å². The summed E-state index contributed by atoms with van der Waals surface area (Å²) in [7, 11) is 2.83. The molecule has 0 saturated carbocycles. The third-order valence-electron chi connectivity index (χ3n) is 3.67. The summed E-state index contributed by atoms with van der Waals surface area (Å²) < 4.78 is 40.1. The van der Waals surface area contributed by atoms with Gasteiger partial charge in [-0.1, -0.05) is 11.6 Å². The lowest BCUT2D eigenvalue weighted by molar-refractivity contribution is 0.398. The number of aryl methyl sites for hydroxylation is 1. The largest absolute Gasteiger partial charge is 0.497 e. The normalized spacial score (nSPS) is 10.8. The van der Waals surface area contributed by atoms with Crippen molar-refractivity contribution >= 4 is 11.6 Å². The van der Waals surface area contributed by atoms with E-state index >= 15 is 0 Å². The fourth-order valence-electron chi connectivity index (χ4n) is 2.48. The van der Waals surface area contributed by atoms with Crippen molar-refractivity contribution in [3.63, 3.8) is 0 Å². The molecule has 130 valence electrons. The average Bonchev–Trinajstić information content (AvgIpc) is 2.88. The van der Waals surface area contributed by atoms with Gasteiger partial charge >= 0.3 is 0 Å². The minimum atomic E-state index is -0.809. The summed E-state index contributed by atoms with van der Waals surface area (Å²) >= 11 is 6.37. The van der Waals surface area contributed by atoms with Crippen molar-refractivity contribution in [3.05, 3.63) is 53.1 Å². The summed E-state index contributed by atoms with van der Waals surface area (Å²) in [6, 6.07) is 5.53. The molecule has 3 aromatic rings. The highest BCUT2D eigenvalue weighted by atomic mass is 35.5. The predicted octanol–water partition coefficient (Wildman–Crippen LogP) is 4.19. The minimum absolute atomic E-state index is 0.00707. The van der Waals surface area contributed by atoms with E-state index in [-0.39, 0.29) is 22.2 Å². The number of pyridine rings is 1. The number of halogens is 3. The van der Waals surface area contributed by atoms with E-state index in [2.05, 4.69) is 9.97 Å². The number of rotatable bonds is 4. The molecule has 0 aliphatic carbocycles. The van der Waals surface area contributed by atoms with Crippen LogP contribution >= 0.6 is 11.6 Å². The molecule has 3 rings (SSSR count). The second-order valence-corrected chi connectivity index (χ2v) is 5.52. The number of aromatic nitrogens is 3. The predicted molar refractivity (Wildman–Crippen MR) is 89.6 cm³/mol. The Hall–Kier alpha value is -2.67. The van der Waals surface area contributed by atoms with Gasteiger partial charge in [-0.25, -0.2) is 18.7 Å². The molecule has 1 aromatic carbocycles. The zero-order valence-electron chi connectivity index (χ0n) is 13.7. The number of methoxy groups -OCH3 is 2. The lowest BCUT2D eigenvalue weighted by atomic mass is 10.1. The van der Waals surface area contributed by atoms with Gasteiger partial charge in [0.05, 0.1) is 31.7 Å². The Kier molecular flexibility index (Phi) is 4.59. The molecule has 0 radical (unpaired) electrons. The number of hydrogen-bond acceptors (Lipinski definition) is 4. The second-order valence-electron chi connectivity index (χ2n) is 5.16. The van der Waals surface area contributed by atoms with Gasteiger partial charge < -0.3 is 9.47 Å². The van der Waals surface area contributed by atoms with E-state index in [1.54, 1.807) is 23.6 Å². The van der Waals surface area contributed by atoms with Crippen LogP contribution in [-0.4, -0.2) is 28.8 Å². The van der Waals surface area contributed by atoms with E-state index < -0.39 is 11.6 Å². The highest BCUT2D eigenvalue weighted by Crippen LogP contribution is 2.35. The Bertz CT molecular complexity index is 903. The molecule has 2 aromatic heterocycles. The summed E-state index contributed by atoms with van der Waals surface area (Å²) in [5.74, 6) is -0.649. The zero-order chi connectivity index (χ0) is 18.1. The SMILES string of the molecule is COc1cc(F)c(-c2nc(C)n(-c3ccc(OC)nc3)c2Cl)c(F)c1. The zero-order valence-corrected chi connectivity index (χ0v) is 14.4. The molecule has 0 saturated heterocycles. The van der Waals surface area contributed by atoms with Crippen molar-refractivity contribution in [3.8, 4) is 28.6 Å². The van der Waals surface area contributed by atoms with Gasteiger partial charge in [0, 0.05) is 18.2 Å². The summed E-state index contributed by atoms with van der Waals surface area (Å²) in [4.78, 5) is 8.33. The Morgan fingerprint density at radius 3 is 2.28 bits per heavy atom. The summed E-state index contributed by atoms with van der Waals surface area (Å²) in [5, 5.41) is 0.0763. The molecule has 25 heavy (non-hydrogen) atoms. The van der Waals surface area contributed by atoms with Crippen LogP contribution in [0.15, 0.2) is 30.5 Å². The van der Waals surface area contributed by atoms with Crippen LogP contribution < -0.4 is 9.47 Å². The first kappa shape index (κ1) is 17.2. The van der Waals surface area contributed by atoms with Gasteiger partial charge in [-0.3, -0.25) is 4.57 Å². The molecule has 0 amide bonds. The van der Waals surface area contributed by atoms with Crippen molar-refractivity contribution in [2.24, 2.45) is 0 Å². The summed E-state index contributed by atoms with van der Waals surface area (Å²) in [6.07, 6.45) is 1.53. The number of imidazole rings is 1. The standard InChI is InChI=1S/C17H14ClF2N3O2/c1-9-22-16(15-12(19)6-11(24-2)7-13(15)20)17(18)23(9)10-4-5-14(25-3)21-8-10/h4-8H,1-3H3. The second kappa shape index (κ2) is 6.68. The topological polar surface area (TPSA) is 49.2 Å². The van der Waals surface area contributed by atoms with Crippen LogP contribution in [0.1, 0.15) is 5.82 Å². The third kappa shape index (κ3) is 3.02. The lowest BCUT2D eigenvalue weighted by Crippen LogP contribution is -1.98. The minimum Gasteiger partial charge on any atom is -0.497 e. The highest BCUT2D eigenvalue weighted by Gasteiger charge is 2.23. The first-order valence-electron chi connectivity index (χ1n) is 7.25.